The summed E-state index contributed by atoms with van der Waals surface area (Å²) in [6, 6.07) is 4.52. The number of rotatable bonds is 6. The molecule has 0 aliphatic rings. The maximum absolute atomic E-state index is 13.8. The number of benzene rings is 1. The van der Waals surface area contributed by atoms with Gasteiger partial charge in [-0.05, 0) is 25.1 Å². The Labute approximate surface area is 154 Å². The molecule has 1 amide bonds. The molecule has 0 aliphatic heterocycles. The van der Waals surface area contributed by atoms with Gasteiger partial charge in [-0.2, -0.15) is 10.2 Å². The lowest BCUT2D eigenvalue weighted by Crippen LogP contribution is -2.07. The van der Waals surface area contributed by atoms with Gasteiger partial charge in [0.25, 0.3) is 0 Å². The van der Waals surface area contributed by atoms with Crippen LogP contribution >= 0.6 is 11.6 Å². The second-order valence-corrected chi connectivity index (χ2v) is 5.99. The Morgan fingerprint density at radius 3 is 2.81 bits per heavy atom. The summed E-state index contributed by atoms with van der Waals surface area (Å²) in [5, 5.41) is 11.3. The lowest BCUT2D eigenvalue weighted by molar-refractivity contribution is -0.111. The van der Waals surface area contributed by atoms with E-state index in [2.05, 4.69) is 15.5 Å². The van der Waals surface area contributed by atoms with Crippen LogP contribution in [0.3, 0.4) is 0 Å². The van der Waals surface area contributed by atoms with Gasteiger partial charge in [-0.15, -0.1) is 0 Å². The lowest BCUT2D eigenvalue weighted by atomic mass is 10.2. The first kappa shape index (κ1) is 17.9. The maximum atomic E-state index is 13.8. The van der Waals surface area contributed by atoms with Gasteiger partial charge in [0, 0.05) is 41.2 Å². The third-order valence-electron chi connectivity index (χ3n) is 3.69. The molecule has 0 fully saturated rings. The molecule has 2 aromatic heterocycles. The van der Waals surface area contributed by atoms with Crippen molar-refractivity contribution in [1.29, 1.82) is 0 Å². The molecule has 0 atom stereocenters. The third-order valence-corrected chi connectivity index (χ3v) is 4.04. The van der Waals surface area contributed by atoms with Crippen LogP contribution in [0.15, 0.2) is 49.1 Å². The molecule has 2 heterocycles. The quantitative estimate of drug-likeness (QED) is 0.671. The van der Waals surface area contributed by atoms with Gasteiger partial charge in [0.15, 0.2) is 0 Å². The average Bonchev–Trinajstić information content (AvgIpc) is 3.25. The van der Waals surface area contributed by atoms with Crippen molar-refractivity contribution in [1.82, 2.24) is 19.6 Å². The molecule has 0 saturated heterocycles. The number of nitrogens with one attached hydrogen (secondary N) is 1. The van der Waals surface area contributed by atoms with Gasteiger partial charge in [-0.25, -0.2) is 4.39 Å². The second-order valence-electron chi connectivity index (χ2n) is 5.58. The molecule has 0 aliphatic carbocycles. The highest BCUT2D eigenvalue weighted by Gasteiger charge is 2.09. The summed E-state index contributed by atoms with van der Waals surface area (Å²) in [6.07, 6.45) is 9.74. The van der Waals surface area contributed by atoms with E-state index in [-0.39, 0.29) is 12.5 Å². The number of nitrogens with zero attached hydrogens (tertiary/aromatic N) is 4. The summed E-state index contributed by atoms with van der Waals surface area (Å²) in [5.74, 6) is -0.688. The topological polar surface area (TPSA) is 64.7 Å². The van der Waals surface area contributed by atoms with Gasteiger partial charge in [0.05, 0.1) is 24.6 Å². The zero-order chi connectivity index (χ0) is 18.5. The number of aromatic nitrogens is 4. The highest BCUT2D eigenvalue weighted by molar-refractivity contribution is 6.31. The zero-order valence-corrected chi connectivity index (χ0v) is 14.8. The van der Waals surface area contributed by atoms with Crippen molar-refractivity contribution < 1.29 is 9.18 Å². The van der Waals surface area contributed by atoms with E-state index < -0.39 is 5.82 Å². The number of halogens is 2. The van der Waals surface area contributed by atoms with Crippen molar-refractivity contribution >= 4 is 29.3 Å². The summed E-state index contributed by atoms with van der Waals surface area (Å²) >= 11 is 6.02. The largest absolute Gasteiger partial charge is 0.320 e. The molecule has 1 aromatic carbocycles. The normalized spacial score (nSPS) is 11.2. The van der Waals surface area contributed by atoms with Crippen LogP contribution < -0.4 is 5.32 Å². The zero-order valence-electron chi connectivity index (χ0n) is 14.1. The monoisotopic (exact) mass is 373 g/mol. The predicted molar refractivity (Wildman–Crippen MR) is 98.3 cm³/mol. The summed E-state index contributed by atoms with van der Waals surface area (Å²) in [4.78, 5) is 12.0. The van der Waals surface area contributed by atoms with E-state index in [1.54, 1.807) is 35.3 Å². The van der Waals surface area contributed by atoms with Crippen LogP contribution in [0, 0.1) is 5.82 Å². The van der Waals surface area contributed by atoms with Crippen LogP contribution in [0.1, 0.15) is 18.1 Å². The van der Waals surface area contributed by atoms with Crippen LogP contribution in [-0.4, -0.2) is 25.5 Å². The number of hydrogen-bond donors (Lipinski definition) is 1. The van der Waals surface area contributed by atoms with E-state index in [0.29, 0.717) is 16.3 Å². The predicted octanol–water partition coefficient (Wildman–Crippen LogP) is 3.59. The van der Waals surface area contributed by atoms with E-state index in [9.17, 15) is 9.18 Å². The highest BCUT2D eigenvalue weighted by atomic mass is 35.5. The molecule has 0 radical (unpaired) electrons. The smallest absolute Gasteiger partial charge is 0.248 e. The first-order chi connectivity index (χ1) is 12.5. The van der Waals surface area contributed by atoms with Crippen LogP contribution in [0.4, 0.5) is 10.1 Å². The fraction of sp³-hybridized carbons (Fsp3) is 0.167. The standard InChI is InChI=1S/C18H17ClFN5O/c1-2-24-10-13(8-21-24)6-7-18(26)23-14-9-22-25(11-14)12-15-16(19)4-3-5-17(15)20/h3-11H,2,12H2,1H3,(H,23,26)/b7-6+. The maximum Gasteiger partial charge on any atom is 0.248 e. The van der Waals surface area contributed by atoms with Crippen molar-refractivity contribution in [2.45, 2.75) is 20.0 Å². The highest BCUT2D eigenvalue weighted by Crippen LogP contribution is 2.20. The molecule has 3 rings (SSSR count). The molecule has 0 spiro atoms. The van der Waals surface area contributed by atoms with Crippen LogP contribution in [0.5, 0.6) is 0 Å². The number of anilines is 1. The summed E-state index contributed by atoms with van der Waals surface area (Å²) in [5.41, 5.74) is 1.70. The fourth-order valence-electron chi connectivity index (χ4n) is 2.35. The van der Waals surface area contributed by atoms with E-state index >= 15 is 0 Å². The molecule has 8 heteroatoms. The minimum atomic E-state index is -0.394. The molecule has 0 bridgehead atoms. The Balaban J connectivity index is 1.62. The molecule has 1 N–H and O–H groups in total. The summed E-state index contributed by atoms with van der Waals surface area (Å²) < 4.78 is 17.1. The Hall–Kier alpha value is -2.93. The van der Waals surface area contributed by atoms with E-state index in [1.807, 2.05) is 13.1 Å². The van der Waals surface area contributed by atoms with Crippen molar-refractivity contribution in [3.8, 4) is 0 Å². The van der Waals surface area contributed by atoms with Gasteiger partial charge >= 0.3 is 0 Å². The molecule has 3 aromatic rings. The van der Waals surface area contributed by atoms with Gasteiger partial charge in [-0.3, -0.25) is 14.2 Å². The summed E-state index contributed by atoms with van der Waals surface area (Å²) in [7, 11) is 0. The molecule has 6 nitrogen and oxygen atoms in total. The van der Waals surface area contributed by atoms with Gasteiger partial charge < -0.3 is 5.32 Å². The third kappa shape index (κ3) is 4.37. The van der Waals surface area contributed by atoms with Gasteiger partial charge in [0.1, 0.15) is 5.82 Å². The number of aryl methyl sites for hydroxylation is 1. The van der Waals surface area contributed by atoms with Crippen LogP contribution in [0.25, 0.3) is 6.08 Å². The SMILES string of the molecule is CCn1cc(/C=C/C(=O)Nc2cnn(Cc3c(F)cccc3Cl)c2)cn1. The Bertz CT molecular complexity index is 926. The molecule has 0 unspecified atom stereocenters. The fourth-order valence-corrected chi connectivity index (χ4v) is 2.58. The van der Waals surface area contributed by atoms with Gasteiger partial charge in [-0.1, -0.05) is 17.7 Å². The van der Waals surface area contributed by atoms with Crippen molar-refractivity contribution in [2.75, 3.05) is 5.32 Å². The average molecular weight is 374 g/mol. The van der Waals surface area contributed by atoms with Gasteiger partial charge in [0.2, 0.25) is 5.91 Å². The minimum absolute atomic E-state index is 0.174. The Morgan fingerprint density at radius 2 is 2.08 bits per heavy atom. The molecule has 0 saturated carbocycles. The molecular formula is C18H17ClFN5O. The van der Waals surface area contributed by atoms with Crippen molar-refractivity contribution in [3.63, 3.8) is 0 Å². The Morgan fingerprint density at radius 1 is 1.27 bits per heavy atom. The molecule has 26 heavy (non-hydrogen) atoms. The first-order valence-corrected chi connectivity index (χ1v) is 8.40. The number of carbonyl (C=O) groups is 1. The lowest BCUT2D eigenvalue weighted by Gasteiger charge is -2.05. The van der Waals surface area contributed by atoms with E-state index in [1.165, 1.54) is 23.0 Å². The van der Waals surface area contributed by atoms with Crippen molar-refractivity contribution in [3.05, 3.63) is 71.0 Å². The van der Waals surface area contributed by atoms with Crippen LogP contribution in [-0.2, 0) is 17.9 Å². The molecular weight excluding hydrogens is 357 g/mol. The molecule has 134 valence electrons. The van der Waals surface area contributed by atoms with E-state index in [0.717, 1.165) is 12.1 Å². The first-order valence-electron chi connectivity index (χ1n) is 8.02. The van der Waals surface area contributed by atoms with Crippen LogP contribution in [0.2, 0.25) is 5.02 Å². The van der Waals surface area contributed by atoms with E-state index in [4.69, 9.17) is 11.6 Å². The Kier molecular flexibility index (Phi) is 5.48. The second kappa shape index (κ2) is 7.97. The number of carbonyl (C=O) groups excluding carboxylic acids is 1. The van der Waals surface area contributed by atoms with Crippen molar-refractivity contribution in [2.24, 2.45) is 0 Å². The minimum Gasteiger partial charge on any atom is -0.320 e. The number of amides is 1. The summed E-state index contributed by atoms with van der Waals surface area (Å²) in [6.45, 7) is 2.93. The number of hydrogen-bond acceptors (Lipinski definition) is 3.